The zero-order valence-electron chi connectivity index (χ0n) is 10.5. The van der Waals surface area contributed by atoms with E-state index in [1.807, 2.05) is 12.3 Å². The number of rotatable bonds is 5. The standard InChI is InChI=1S/C13H11BrCl3NOS/c1-2-11(13-18-7(5-15)6-20-13)19-12-4-9(16)8(14)3-10(12)17/h3-4,6,11H,2,5H2,1H3. The highest BCUT2D eigenvalue weighted by Gasteiger charge is 2.18. The maximum atomic E-state index is 6.17. The first kappa shape index (κ1) is 16.4. The minimum Gasteiger partial charge on any atom is -0.482 e. The number of benzene rings is 1. The van der Waals surface area contributed by atoms with Crippen LogP contribution in [0.5, 0.6) is 5.75 Å². The molecule has 20 heavy (non-hydrogen) atoms. The number of aromatic nitrogens is 1. The van der Waals surface area contributed by atoms with Crippen molar-refractivity contribution >= 4 is 62.1 Å². The van der Waals surface area contributed by atoms with Gasteiger partial charge in [-0.3, -0.25) is 0 Å². The quantitative estimate of drug-likeness (QED) is 0.412. The third-order valence-corrected chi connectivity index (χ3v) is 5.35. The lowest BCUT2D eigenvalue weighted by molar-refractivity contribution is 0.201. The van der Waals surface area contributed by atoms with Crippen LogP contribution in [-0.4, -0.2) is 4.98 Å². The Morgan fingerprint density at radius 2 is 2.10 bits per heavy atom. The third-order valence-electron chi connectivity index (χ3n) is 2.60. The van der Waals surface area contributed by atoms with Gasteiger partial charge in [0.25, 0.3) is 0 Å². The molecule has 0 bridgehead atoms. The van der Waals surface area contributed by atoms with E-state index in [0.717, 1.165) is 21.6 Å². The molecule has 0 fully saturated rings. The van der Waals surface area contributed by atoms with Gasteiger partial charge in [0.05, 0.1) is 21.6 Å². The fraction of sp³-hybridized carbons (Fsp3) is 0.308. The van der Waals surface area contributed by atoms with Crippen LogP contribution in [0.3, 0.4) is 0 Å². The molecule has 0 aliphatic heterocycles. The Bertz CT molecular complexity index is 605. The first-order chi connectivity index (χ1) is 9.55. The van der Waals surface area contributed by atoms with Gasteiger partial charge < -0.3 is 4.74 Å². The van der Waals surface area contributed by atoms with E-state index < -0.39 is 0 Å². The number of halogens is 4. The molecule has 1 aromatic heterocycles. The lowest BCUT2D eigenvalue weighted by atomic mass is 10.2. The minimum atomic E-state index is -0.160. The molecule has 2 nitrogen and oxygen atoms in total. The van der Waals surface area contributed by atoms with Crippen molar-refractivity contribution in [2.24, 2.45) is 0 Å². The monoisotopic (exact) mass is 413 g/mol. The molecular formula is C13H11BrCl3NOS. The summed E-state index contributed by atoms with van der Waals surface area (Å²) in [5, 5.41) is 3.89. The van der Waals surface area contributed by atoms with Crippen LogP contribution >= 0.6 is 62.1 Å². The lowest BCUT2D eigenvalue weighted by Crippen LogP contribution is -2.06. The Morgan fingerprint density at radius 1 is 1.35 bits per heavy atom. The molecule has 1 unspecified atom stereocenters. The van der Waals surface area contributed by atoms with E-state index >= 15 is 0 Å². The molecule has 0 spiro atoms. The van der Waals surface area contributed by atoms with E-state index in [4.69, 9.17) is 39.5 Å². The van der Waals surface area contributed by atoms with Crippen molar-refractivity contribution in [1.82, 2.24) is 4.98 Å². The largest absolute Gasteiger partial charge is 0.482 e. The second kappa shape index (κ2) is 7.32. The second-order valence-electron chi connectivity index (χ2n) is 4.02. The fourth-order valence-electron chi connectivity index (χ4n) is 1.59. The average molecular weight is 416 g/mol. The predicted molar refractivity (Wildman–Crippen MR) is 89.5 cm³/mol. The van der Waals surface area contributed by atoms with Gasteiger partial charge in [0.15, 0.2) is 0 Å². The van der Waals surface area contributed by atoms with Crippen molar-refractivity contribution in [3.8, 4) is 5.75 Å². The van der Waals surface area contributed by atoms with Crippen LogP contribution in [0.2, 0.25) is 10.0 Å². The Kier molecular flexibility index (Phi) is 5.99. The van der Waals surface area contributed by atoms with Gasteiger partial charge in [0, 0.05) is 15.9 Å². The van der Waals surface area contributed by atoms with Crippen LogP contribution in [0, 0.1) is 0 Å². The molecule has 2 aromatic rings. The third kappa shape index (κ3) is 3.80. The van der Waals surface area contributed by atoms with E-state index in [1.54, 1.807) is 12.1 Å². The molecule has 0 saturated carbocycles. The van der Waals surface area contributed by atoms with Crippen LogP contribution in [-0.2, 0) is 5.88 Å². The van der Waals surface area contributed by atoms with E-state index in [-0.39, 0.29) is 6.10 Å². The molecule has 7 heteroatoms. The van der Waals surface area contributed by atoms with Gasteiger partial charge in [0.1, 0.15) is 16.9 Å². The molecule has 0 amide bonds. The number of nitrogens with zero attached hydrogens (tertiary/aromatic N) is 1. The van der Waals surface area contributed by atoms with Gasteiger partial charge in [-0.2, -0.15) is 0 Å². The number of hydrogen-bond acceptors (Lipinski definition) is 3. The summed E-state index contributed by atoms with van der Waals surface area (Å²) in [4.78, 5) is 4.44. The van der Waals surface area contributed by atoms with Crippen LogP contribution in [0.25, 0.3) is 0 Å². The average Bonchev–Trinajstić information content (AvgIpc) is 2.90. The fourth-order valence-corrected chi connectivity index (χ4v) is 3.58. The number of alkyl halides is 1. The van der Waals surface area contributed by atoms with E-state index in [2.05, 4.69) is 20.9 Å². The van der Waals surface area contributed by atoms with Gasteiger partial charge >= 0.3 is 0 Å². The molecule has 1 aromatic carbocycles. The molecule has 0 aliphatic carbocycles. The Hall–Kier alpha value is -0.000000000000000194. The zero-order valence-corrected chi connectivity index (χ0v) is 15.2. The smallest absolute Gasteiger partial charge is 0.150 e. The number of ether oxygens (including phenoxy) is 1. The summed E-state index contributed by atoms with van der Waals surface area (Å²) in [6.07, 6.45) is 0.617. The Morgan fingerprint density at radius 3 is 2.70 bits per heavy atom. The van der Waals surface area contributed by atoms with E-state index in [1.165, 1.54) is 11.3 Å². The Balaban J connectivity index is 2.24. The van der Waals surface area contributed by atoms with Crippen LogP contribution in [0.4, 0.5) is 0 Å². The SMILES string of the molecule is CCC(Oc1cc(Cl)c(Br)cc1Cl)c1nc(CCl)cs1. The summed E-state index contributed by atoms with van der Waals surface area (Å²) in [5.41, 5.74) is 0.855. The summed E-state index contributed by atoms with van der Waals surface area (Å²) in [6, 6.07) is 3.42. The molecule has 0 N–H and O–H groups in total. The van der Waals surface area contributed by atoms with Gasteiger partial charge in [-0.15, -0.1) is 22.9 Å². The van der Waals surface area contributed by atoms with Gasteiger partial charge in [-0.05, 0) is 28.4 Å². The summed E-state index contributed by atoms with van der Waals surface area (Å²) < 4.78 is 6.68. The highest BCUT2D eigenvalue weighted by molar-refractivity contribution is 9.10. The van der Waals surface area contributed by atoms with Crippen LogP contribution < -0.4 is 4.74 Å². The van der Waals surface area contributed by atoms with E-state index in [9.17, 15) is 0 Å². The topological polar surface area (TPSA) is 22.1 Å². The maximum absolute atomic E-state index is 6.17. The van der Waals surface area contributed by atoms with Crippen LogP contribution in [0.1, 0.15) is 30.2 Å². The Labute approximate surface area is 145 Å². The molecule has 108 valence electrons. The molecule has 1 atom stereocenters. The summed E-state index contributed by atoms with van der Waals surface area (Å²) in [7, 11) is 0. The molecule has 2 rings (SSSR count). The van der Waals surface area contributed by atoms with E-state index in [0.29, 0.717) is 21.7 Å². The highest BCUT2D eigenvalue weighted by atomic mass is 79.9. The highest BCUT2D eigenvalue weighted by Crippen LogP contribution is 2.37. The van der Waals surface area contributed by atoms with Gasteiger partial charge in [0.2, 0.25) is 0 Å². The summed E-state index contributed by atoms with van der Waals surface area (Å²) in [5.74, 6) is 0.951. The normalized spacial score (nSPS) is 12.4. The van der Waals surface area contributed by atoms with Gasteiger partial charge in [-0.1, -0.05) is 30.1 Å². The van der Waals surface area contributed by atoms with Gasteiger partial charge in [-0.25, -0.2) is 4.98 Å². The summed E-state index contributed by atoms with van der Waals surface area (Å²) in [6.45, 7) is 2.03. The molecule has 1 heterocycles. The van der Waals surface area contributed by atoms with Crippen molar-refractivity contribution in [3.05, 3.63) is 42.7 Å². The number of hydrogen-bond donors (Lipinski definition) is 0. The second-order valence-corrected chi connectivity index (χ2v) is 6.85. The molecule has 0 radical (unpaired) electrons. The lowest BCUT2D eigenvalue weighted by Gasteiger charge is -2.17. The molecular weight excluding hydrogens is 404 g/mol. The minimum absolute atomic E-state index is 0.160. The number of thiazole rings is 1. The van der Waals surface area contributed by atoms with Crippen molar-refractivity contribution in [2.45, 2.75) is 25.3 Å². The van der Waals surface area contributed by atoms with Crippen molar-refractivity contribution in [1.29, 1.82) is 0 Å². The predicted octanol–water partition coefficient (Wildman–Crippen LogP) is 6.48. The van der Waals surface area contributed by atoms with Crippen LogP contribution in [0.15, 0.2) is 22.0 Å². The maximum Gasteiger partial charge on any atom is 0.150 e. The van der Waals surface area contributed by atoms with Crippen molar-refractivity contribution in [3.63, 3.8) is 0 Å². The summed E-state index contributed by atoms with van der Waals surface area (Å²) >= 11 is 22.9. The molecule has 0 saturated heterocycles. The zero-order chi connectivity index (χ0) is 14.7. The van der Waals surface area contributed by atoms with Crippen molar-refractivity contribution in [2.75, 3.05) is 0 Å². The first-order valence-corrected chi connectivity index (χ1v) is 8.83. The first-order valence-electron chi connectivity index (χ1n) is 5.86. The molecule has 0 aliphatic rings. The van der Waals surface area contributed by atoms with Crippen molar-refractivity contribution < 1.29 is 4.74 Å².